The van der Waals surface area contributed by atoms with Gasteiger partial charge in [-0.15, -0.1) is 0 Å². The number of rotatable bonds is 8. The van der Waals surface area contributed by atoms with Gasteiger partial charge in [-0.1, -0.05) is 28.4 Å². The topological polar surface area (TPSA) is 203 Å². The Morgan fingerprint density at radius 2 is 1.63 bits per heavy atom. The number of pyridine rings is 1. The molecule has 0 unspecified atom stereocenters. The Kier molecular flexibility index (Phi) is 7.93. The molecule has 0 aliphatic heterocycles. The molecule has 0 atom stereocenters. The summed E-state index contributed by atoms with van der Waals surface area (Å²) in [7, 11) is 2.28. The maximum Gasteiger partial charge on any atom is 0.344 e. The number of nitrogens with zero attached hydrogens (tertiary/aromatic N) is 5. The van der Waals surface area contributed by atoms with Gasteiger partial charge in [-0.05, 0) is 31.5 Å². The minimum absolute atomic E-state index is 0.0110. The van der Waals surface area contributed by atoms with Crippen molar-refractivity contribution in [2.24, 2.45) is 0 Å². The van der Waals surface area contributed by atoms with E-state index in [1.807, 2.05) is 0 Å². The zero-order chi connectivity index (χ0) is 30.2. The van der Waals surface area contributed by atoms with Gasteiger partial charge in [-0.3, -0.25) is 20.2 Å². The van der Waals surface area contributed by atoms with Crippen molar-refractivity contribution in [2.45, 2.75) is 13.8 Å². The van der Waals surface area contributed by atoms with Gasteiger partial charge in [0.05, 0.1) is 51.5 Å². The predicted octanol–water partition coefficient (Wildman–Crippen LogP) is 5.48. The number of ether oxygens (including phenoxy) is 3. The lowest BCUT2D eigenvalue weighted by atomic mass is 10.1. The van der Waals surface area contributed by atoms with Crippen LogP contribution < -0.4 is 14.2 Å². The van der Waals surface area contributed by atoms with Gasteiger partial charge >= 0.3 is 17.3 Å². The van der Waals surface area contributed by atoms with E-state index < -0.39 is 50.0 Å². The second-order valence-corrected chi connectivity index (χ2v) is 8.94. The van der Waals surface area contributed by atoms with Gasteiger partial charge in [0.15, 0.2) is 11.5 Å². The Morgan fingerprint density at radius 3 is 2.24 bits per heavy atom. The van der Waals surface area contributed by atoms with Crippen LogP contribution in [0.15, 0.2) is 28.8 Å². The summed E-state index contributed by atoms with van der Waals surface area (Å²) in [6, 6.07) is 3.93. The largest absolute Gasteiger partial charge is 0.500 e. The summed E-state index contributed by atoms with van der Waals surface area (Å²) in [5, 5.41) is 37.5. The molecule has 0 amide bonds. The molecule has 0 fully saturated rings. The van der Waals surface area contributed by atoms with Crippen LogP contribution in [0.4, 0.5) is 11.4 Å². The number of hydrogen-bond donors (Lipinski definition) is 1. The minimum Gasteiger partial charge on any atom is -0.500 e. The van der Waals surface area contributed by atoms with Crippen LogP contribution in [0.2, 0.25) is 10.2 Å². The number of esters is 1. The predicted molar refractivity (Wildman–Crippen MR) is 142 cm³/mol. The highest BCUT2D eigenvalue weighted by Crippen LogP contribution is 2.43. The number of methoxy groups -OCH3 is 2. The molecule has 0 saturated carbocycles. The monoisotopic (exact) mass is 605 g/mol. The van der Waals surface area contributed by atoms with Crippen LogP contribution in [0.3, 0.4) is 0 Å². The molecule has 0 aliphatic carbocycles. The van der Waals surface area contributed by atoms with E-state index in [1.165, 1.54) is 6.07 Å². The first-order valence-electron chi connectivity index (χ1n) is 11.2. The number of phenols is 1. The molecule has 0 aliphatic rings. The van der Waals surface area contributed by atoms with E-state index >= 15 is 0 Å². The van der Waals surface area contributed by atoms with Crippen molar-refractivity contribution in [2.75, 3.05) is 14.2 Å². The Bertz CT molecular complexity index is 1740. The fourth-order valence-corrected chi connectivity index (χ4v) is 4.24. The first-order chi connectivity index (χ1) is 19.4. The fraction of sp³-hybridized carbons (Fsp3) is 0.167. The molecule has 4 rings (SSSR count). The van der Waals surface area contributed by atoms with E-state index in [9.17, 15) is 30.1 Å². The molecule has 0 bridgehead atoms. The summed E-state index contributed by atoms with van der Waals surface area (Å²) in [4.78, 5) is 42.8. The number of nitro groups is 2. The summed E-state index contributed by atoms with van der Waals surface area (Å²) in [6.07, 6.45) is 0. The van der Waals surface area contributed by atoms with Crippen molar-refractivity contribution < 1.29 is 38.5 Å². The number of nitro benzene ring substituents is 2. The molecule has 0 spiro atoms. The number of carbonyl (C=O) groups excluding carboxylic acids is 1. The molecule has 4 aromatic rings. The van der Waals surface area contributed by atoms with E-state index in [4.69, 9.17) is 41.9 Å². The third-order valence-electron chi connectivity index (χ3n) is 5.74. The number of aryl methyl sites for hydroxylation is 1. The van der Waals surface area contributed by atoms with Crippen molar-refractivity contribution >= 4 is 40.5 Å². The summed E-state index contributed by atoms with van der Waals surface area (Å²) in [6.45, 7) is 3.36. The first kappa shape index (κ1) is 29.0. The molecule has 2 aromatic heterocycles. The van der Waals surface area contributed by atoms with Crippen molar-refractivity contribution in [3.63, 3.8) is 0 Å². The smallest absolute Gasteiger partial charge is 0.344 e. The fourth-order valence-electron chi connectivity index (χ4n) is 3.75. The zero-order valence-electron chi connectivity index (χ0n) is 21.4. The zero-order valence-corrected chi connectivity index (χ0v) is 22.9. The Hall–Kier alpha value is -5.02. The van der Waals surface area contributed by atoms with E-state index in [1.54, 1.807) is 13.8 Å². The lowest BCUT2D eigenvalue weighted by Gasteiger charge is -2.12. The quantitative estimate of drug-likeness (QED) is 0.0869. The molecule has 2 aromatic carbocycles. The second kappa shape index (κ2) is 11.2. The summed E-state index contributed by atoms with van der Waals surface area (Å²) < 4.78 is 20.6. The van der Waals surface area contributed by atoms with Gasteiger partial charge in [0.2, 0.25) is 17.3 Å². The van der Waals surface area contributed by atoms with Crippen LogP contribution in [-0.4, -0.2) is 50.3 Å². The normalized spacial score (nSPS) is 10.8. The second-order valence-electron chi connectivity index (χ2n) is 8.20. The highest BCUT2D eigenvalue weighted by molar-refractivity contribution is 6.35. The molecule has 0 saturated heterocycles. The number of carbonyl (C=O) groups is 1. The minimum atomic E-state index is -1.24. The van der Waals surface area contributed by atoms with Crippen molar-refractivity contribution in [3.8, 4) is 45.8 Å². The van der Waals surface area contributed by atoms with Crippen LogP contribution in [0.1, 0.15) is 21.6 Å². The standard InChI is InChI=1S/C24H17Cl2N5O10/c1-9-17(21(26)27-10(2)18(9)25)22-28-23(41-29-22)11-5-14(31(36)37)20(16(7-11)39-4)40-24(33)12-6-13(30(34)35)19(32)15(8-12)38-3/h5-8,32H,1-4H3. The van der Waals surface area contributed by atoms with Crippen LogP contribution in [-0.2, 0) is 0 Å². The van der Waals surface area contributed by atoms with Gasteiger partial charge < -0.3 is 23.8 Å². The van der Waals surface area contributed by atoms with Crippen LogP contribution in [0.5, 0.6) is 23.0 Å². The SMILES string of the molecule is COc1cc(C(=O)Oc2c(OC)cc(-c3nc(-c4c(Cl)nc(C)c(Cl)c4C)no3)cc2[N+](=O)[O-])cc([N+](=O)[O-])c1O. The van der Waals surface area contributed by atoms with Gasteiger partial charge in [-0.2, -0.15) is 4.98 Å². The van der Waals surface area contributed by atoms with Crippen LogP contribution in [0.25, 0.3) is 22.8 Å². The Balaban J connectivity index is 1.77. The highest BCUT2D eigenvalue weighted by atomic mass is 35.5. The van der Waals surface area contributed by atoms with E-state index in [-0.39, 0.29) is 28.2 Å². The first-order valence-corrected chi connectivity index (χ1v) is 11.9. The maximum atomic E-state index is 12.9. The number of hydrogen-bond acceptors (Lipinski definition) is 13. The molecular formula is C24H17Cl2N5O10. The van der Waals surface area contributed by atoms with Crippen LogP contribution >= 0.6 is 23.2 Å². The van der Waals surface area contributed by atoms with E-state index in [2.05, 4.69) is 15.1 Å². The number of aromatic nitrogens is 3. The number of halogens is 2. The van der Waals surface area contributed by atoms with Gasteiger partial charge in [0.25, 0.3) is 5.89 Å². The molecule has 1 N–H and O–H groups in total. The highest BCUT2D eigenvalue weighted by Gasteiger charge is 2.30. The number of benzene rings is 2. The van der Waals surface area contributed by atoms with E-state index in [0.717, 1.165) is 32.4 Å². The maximum absolute atomic E-state index is 12.9. The lowest BCUT2D eigenvalue weighted by Crippen LogP contribution is -2.12. The molecule has 0 radical (unpaired) electrons. The van der Waals surface area contributed by atoms with Crippen molar-refractivity contribution in [1.82, 2.24) is 15.1 Å². The summed E-state index contributed by atoms with van der Waals surface area (Å²) in [5.74, 6) is -3.51. The van der Waals surface area contributed by atoms with E-state index in [0.29, 0.717) is 21.8 Å². The lowest BCUT2D eigenvalue weighted by molar-refractivity contribution is -0.386. The molecular weight excluding hydrogens is 589 g/mol. The molecule has 2 heterocycles. The summed E-state index contributed by atoms with van der Waals surface area (Å²) >= 11 is 12.6. The number of phenolic OH excluding ortho intramolecular Hbond substituents is 1. The Morgan fingerprint density at radius 1 is 0.976 bits per heavy atom. The number of aromatic hydroxyl groups is 1. The van der Waals surface area contributed by atoms with Gasteiger partial charge in [0.1, 0.15) is 5.15 Å². The molecule has 15 nitrogen and oxygen atoms in total. The van der Waals surface area contributed by atoms with Crippen molar-refractivity contribution in [1.29, 1.82) is 0 Å². The van der Waals surface area contributed by atoms with Crippen LogP contribution in [0, 0.1) is 34.1 Å². The Labute approximate surface area is 239 Å². The third kappa shape index (κ3) is 5.39. The molecule has 17 heteroatoms. The molecule has 212 valence electrons. The van der Waals surface area contributed by atoms with Gasteiger partial charge in [-0.25, -0.2) is 9.78 Å². The van der Waals surface area contributed by atoms with Gasteiger partial charge in [0, 0.05) is 12.1 Å². The average Bonchev–Trinajstić information content (AvgIpc) is 3.41. The molecule has 41 heavy (non-hydrogen) atoms. The summed E-state index contributed by atoms with van der Waals surface area (Å²) in [5.41, 5.74) is -0.675. The average molecular weight is 606 g/mol. The third-order valence-corrected chi connectivity index (χ3v) is 6.57. The van der Waals surface area contributed by atoms with Crippen molar-refractivity contribution in [3.05, 3.63) is 71.5 Å².